The first-order valence-corrected chi connectivity index (χ1v) is 3.60. The minimum atomic E-state index is -1.28. The lowest BCUT2D eigenvalue weighted by Gasteiger charge is -2.05. The molecule has 0 aliphatic carbocycles. The van der Waals surface area contributed by atoms with Crippen molar-refractivity contribution in [3.63, 3.8) is 0 Å². The van der Waals surface area contributed by atoms with E-state index in [9.17, 15) is 14.7 Å². The number of aldehydes is 1. The van der Waals surface area contributed by atoms with E-state index in [1.807, 2.05) is 0 Å². The van der Waals surface area contributed by atoms with Gasteiger partial charge in [0.25, 0.3) is 0 Å². The van der Waals surface area contributed by atoms with Crippen LogP contribution in [0.25, 0.3) is 0 Å². The summed E-state index contributed by atoms with van der Waals surface area (Å²) in [6.07, 6.45) is 0.697. The highest BCUT2D eigenvalue weighted by Crippen LogP contribution is 2.10. The van der Waals surface area contributed by atoms with Crippen molar-refractivity contribution < 1.29 is 19.4 Å². The molecule has 0 saturated carbocycles. The summed E-state index contributed by atoms with van der Waals surface area (Å²) < 4.78 is 4.79. The average molecular weight is 179 g/mol. The van der Waals surface area contributed by atoms with E-state index in [0.29, 0.717) is 17.6 Å². The van der Waals surface area contributed by atoms with Crippen molar-refractivity contribution in [2.45, 2.75) is 0 Å². The molecule has 0 radical (unpaired) electrons. The summed E-state index contributed by atoms with van der Waals surface area (Å²) in [6, 6.07) is 6.12. The maximum atomic E-state index is 10.2. The minimum absolute atomic E-state index is 0.398. The van der Waals surface area contributed by atoms with Crippen molar-refractivity contribution in [2.24, 2.45) is 0 Å². The quantitative estimate of drug-likeness (QED) is 0.591. The van der Waals surface area contributed by atoms with E-state index >= 15 is 0 Å². The molecule has 4 heteroatoms. The molecular formula is C9H7O4-. The lowest BCUT2D eigenvalue weighted by Crippen LogP contribution is -2.28. The number of rotatable bonds is 4. The van der Waals surface area contributed by atoms with Crippen LogP contribution < -0.4 is 9.84 Å². The van der Waals surface area contributed by atoms with Gasteiger partial charge in [0.05, 0.1) is 5.97 Å². The van der Waals surface area contributed by atoms with Gasteiger partial charge in [0.2, 0.25) is 0 Å². The normalized spacial score (nSPS) is 9.23. The van der Waals surface area contributed by atoms with Crippen LogP contribution in [0, 0.1) is 0 Å². The van der Waals surface area contributed by atoms with E-state index in [-0.39, 0.29) is 0 Å². The van der Waals surface area contributed by atoms with E-state index in [4.69, 9.17) is 4.74 Å². The summed E-state index contributed by atoms with van der Waals surface area (Å²) in [4.78, 5) is 20.2. The summed E-state index contributed by atoms with van der Waals surface area (Å²) >= 11 is 0. The van der Waals surface area contributed by atoms with Crippen LogP contribution in [0.3, 0.4) is 0 Å². The summed E-state index contributed by atoms with van der Waals surface area (Å²) in [6.45, 7) is -0.486. The molecule has 0 bridgehead atoms. The Hall–Kier alpha value is -1.84. The second kappa shape index (κ2) is 4.25. The summed E-state index contributed by atoms with van der Waals surface area (Å²) in [7, 11) is 0. The molecule has 68 valence electrons. The molecule has 0 aromatic heterocycles. The molecule has 0 N–H and O–H groups in total. The SMILES string of the molecule is O=Cc1ccc(OCC(=O)[O-])cc1. The number of carboxylic acids is 1. The first-order chi connectivity index (χ1) is 6.22. The highest BCUT2D eigenvalue weighted by atomic mass is 16.5. The molecule has 0 heterocycles. The monoisotopic (exact) mass is 179 g/mol. The Morgan fingerprint density at radius 3 is 2.46 bits per heavy atom. The molecule has 0 aliphatic rings. The van der Waals surface area contributed by atoms with Crippen LogP contribution in [0.5, 0.6) is 5.75 Å². The van der Waals surface area contributed by atoms with Crippen molar-refractivity contribution in [2.75, 3.05) is 6.61 Å². The molecule has 0 saturated heterocycles. The van der Waals surface area contributed by atoms with Gasteiger partial charge in [-0.1, -0.05) is 0 Å². The molecule has 13 heavy (non-hydrogen) atoms. The Morgan fingerprint density at radius 2 is 2.00 bits per heavy atom. The van der Waals surface area contributed by atoms with E-state index in [0.717, 1.165) is 0 Å². The van der Waals surface area contributed by atoms with Crippen LogP contribution in [0.4, 0.5) is 0 Å². The third kappa shape index (κ3) is 2.94. The van der Waals surface area contributed by atoms with Gasteiger partial charge in [-0.05, 0) is 24.3 Å². The van der Waals surface area contributed by atoms with Crippen molar-refractivity contribution in [1.29, 1.82) is 0 Å². The van der Waals surface area contributed by atoms with Gasteiger partial charge in [-0.25, -0.2) is 0 Å². The van der Waals surface area contributed by atoms with Gasteiger partial charge in [0.1, 0.15) is 18.6 Å². The van der Waals surface area contributed by atoms with E-state index in [2.05, 4.69) is 0 Å². The van der Waals surface area contributed by atoms with E-state index < -0.39 is 12.6 Å². The van der Waals surface area contributed by atoms with Crippen LogP contribution in [-0.2, 0) is 4.79 Å². The molecule has 0 atom stereocenters. The average Bonchev–Trinajstić information content (AvgIpc) is 2.15. The summed E-state index contributed by atoms with van der Waals surface area (Å²) in [5.41, 5.74) is 0.515. The zero-order valence-corrected chi connectivity index (χ0v) is 6.73. The molecule has 0 aliphatic heterocycles. The van der Waals surface area contributed by atoms with Crippen LogP contribution >= 0.6 is 0 Å². The lowest BCUT2D eigenvalue weighted by molar-refractivity contribution is -0.307. The van der Waals surface area contributed by atoms with Crippen LogP contribution in [0.15, 0.2) is 24.3 Å². The number of hydrogen-bond acceptors (Lipinski definition) is 4. The predicted molar refractivity (Wildman–Crippen MR) is 42.3 cm³/mol. The molecule has 0 unspecified atom stereocenters. The van der Waals surface area contributed by atoms with Gasteiger partial charge in [-0.3, -0.25) is 4.79 Å². The number of carbonyl (C=O) groups is 2. The number of aliphatic carboxylic acids is 1. The fraction of sp³-hybridized carbons (Fsp3) is 0.111. The maximum Gasteiger partial charge on any atom is 0.150 e. The Labute approximate surface area is 74.8 Å². The molecule has 4 nitrogen and oxygen atoms in total. The number of benzene rings is 1. The second-order valence-electron chi connectivity index (χ2n) is 2.35. The van der Waals surface area contributed by atoms with Crippen molar-refractivity contribution in [3.8, 4) is 5.75 Å². The van der Waals surface area contributed by atoms with Gasteiger partial charge in [-0.2, -0.15) is 0 Å². The molecule has 0 fully saturated rings. The third-order valence-electron chi connectivity index (χ3n) is 1.37. The fourth-order valence-electron chi connectivity index (χ4n) is 0.785. The Balaban J connectivity index is 2.59. The molecule has 0 spiro atoms. The number of hydrogen-bond donors (Lipinski definition) is 0. The second-order valence-corrected chi connectivity index (χ2v) is 2.35. The first kappa shape index (κ1) is 9.25. The largest absolute Gasteiger partial charge is 0.546 e. The molecule has 1 aromatic rings. The molecule has 1 rings (SSSR count). The minimum Gasteiger partial charge on any atom is -0.546 e. The van der Waals surface area contributed by atoms with Crippen molar-refractivity contribution in [1.82, 2.24) is 0 Å². The Kier molecular flexibility index (Phi) is 3.03. The fourth-order valence-corrected chi connectivity index (χ4v) is 0.785. The molecular weight excluding hydrogens is 172 g/mol. The number of carboxylic acid groups (broad SMARTS) is 1. The zero-order chi connectivity index (χ0) is 9.68. The third-order valence-corrected chi connectivity index (χ3v) is 1.37. The molecule has 0 amide bonds. The Morgan fingerprint density at radius 1 is 1.38 bits per heavy atom. The first-order valence-electron chi connectivity index (χ1n) is 3.60. The Bertz CT molecular complexity index is 302. The topological polar surface area (TPSA) is 66.4 Å². The standard InChI is InChI=1S/C9H8O4/c10-5-7-1-3-8(4-2-7)13-6-9(11)12/h1-5H,6H2,(H,11,12)/p-1. The van der Waals surface area contributed by atoms with E-state index in [1.165, 1.54) is 24.3 Å². The van der Waals surface area contributed by atoms with Crippen LogP contribution in [0.2, 0.25) is 0 Å². The van der Waals surface area contributed by atoms with Gasteiger partial charge in [0.15, 0.2) is 0 Å². The summed E-state index contributed by atoms with van der Waals surface area (Å²) in [5.74, 6) is -0.880. The summed E-state index contributed by atoms with van der Waals surface area (Å²) in [5, 5.41) is 10.0. The van der Waals surface area contributed by atoms with Gasteiger partial charge in [-0.15, -0.1) is 0 Å². The highest BCUT2D eigenvalue weighted by Gasteiger charge is 1.93. The van der Waals surface area contributed by atoms with Crippen molar-refractivity contribution >= 4 is 12.3 Å². The van der Waals surface area contributed by atoms with Gasteiger partial charge >= 0.3 is 0 Å². The van der Waals surface area contributed by atoms with Crippen LogP contribution in [0.1, 0.15) is 10.4 Å². The smallest absolute Gasteiger partial charge is 0.150 e. The predicted octanol–water partition coefficient (Wildman–Crippen LogP) is -0.372. The maximum absolute atomic E-state index is 10.2. The van der Waals surface area contributed by atoms with Gasteiger partial charge < -0.3 is 14.6 Å². The van der Waals surface area contributed by atoms with Gasteiger partial charge in [0, 0.05) is 5.56 Å². The van der Waals surface area contributed by atoms with Crippen LogP contribution in [-0.4, -0.2) is 18.9 Å². The number of ether oxygens (including phenoxy) is 1. The highest BCUT2D eigenvalue weighted by molar-refractivity contribution is 5.74. The lowest BCUT2D eigenvalue weighted by atomic mass is 10.2. The molecule has 1 aromatic carbocycles. The van der Waals surface area contributed by atoms with Crippen molar-refractivity contribution in [3.05, 3.63) is 29.8 Å². The van der Waals surface area contributed by atoms with E-state index in [1.54, 1.807) is 0 Å². The zero-order valence-electron chi connectivity index (χ0n) is 6.73. The number of carbonyl (C=O) groups excluding carboxylic acids is 2.